The molecule has 2 amide bonds. The number of pyridine rings is 2. The quantitative estimate of drug-likeness (QED) is 0.0854. The van der Waals surface area contributed by atoms with Crippen molar-refractivity contribution in [1.29, 1.82) is 0 Å². The van der Waals surface area contributed by atoms with Crippen LogP contribution >= 0.6 is 0 Å². The number of nitrogen functional groups attached to an aromatic ring is 2. The van der Waals surface area contributed by atoms with E-state index >= 15 is 0 Å². The van der Waals surface area contributed by atoms with Crippen LogP contribution in [0.1, 0.15) is 27.1 Å². The fraction of sp³-hybridized carbons (Fsp3) is 0.243. The zero-order chi connectivity index (χ0) is 34.7. The third-order valence-corrected chi connectivity index (χ3v) is 8.92. The molecule has 2 heterocycles. The standard InChI is InChI=1S/C37H40N8O4/c1-44(20-16-40-36(48)24-12-14-26(38)30-32(24)42-28-10-5-3-8-22(28)34(30)46)18-7-19-45(2)21-17-41-37(49)25-13-15-27(39)31-33(25)43-29-11-6-4-9-23(29)35(31)47/h3-6,8-15H,7,16-21,38-39H2,1-2H3,(H,40,48)(H,41,49)(H,42,46)(H,43,47). The second kappa shape index (κ2) is 14.2. The number of para-hydroxylation sites is 2. The predicted octanol–water partition coefficient (Wildman–Crippen LogP) is 3.25. The lowest BCUT2D eigenvalue weighted by molar-refractivity contribution is 0.0944. The SMILES string of the molecule is CN(CCCN(C)CCNC(=O)c1ccc(N)c2c(=O)c3ccccc3[nH]c12)CCNC(=O)c1ccc(N)c2c(=O)c3ccccc3[nH]c12. The molecule has 0 aliphatic rings. The van der Waals surface area contributed by atoms with Crippen LogP contribution in [-0.4, -0.2) is 84.9 Å². The first kappa shape index (κ1) is 33.2. The number of likely N-dealkylation sites (N-methyl/N-ethyl adjacent to an activating group) is 2. The maximum Gasteiger partial charge on any atom is 0.253 e. The van der Waals surface area contributed by atoms with E-state index in [1.807, 2.05) is 26.2 Å². The molecule has 0 aliphatic heterocycles. The normalized spacial score (nSPS) is 11.7. The smallest absolute Gasteiger partial charge is 0.253 e. The fourth-order valence-corrected chi connectivity index (χ4v) is 6.23. The van der Waals surface area contributed by atoms with Gasteiger partial charge < -0.3 is 41.9 Å². The fourth-order valence-electron chi connectivity index (χ4n) is 6.23. The van der Waals surface area contributed by atoms with E-state index in [1.165, 1.54) is 0 Å². The average Bonchev–Trinajstić information content (AvgIpc) is 3.08. The Balaban J connectivity index is 0.959. The average molecular weight is 661 g/mol. The Hall–Kier alpha value is -5.72. The van der Waals surface area contributed by atoms with Gasteiger partial charge in [0.1, 0.15) is 0 Å². The second-order valence-corrected chi connectivity index (χ2v) is 12.4. The van der Waals surface area contributed by atoms with E-state index in [9.17, 15) is 19.2 Å². The maximum absolute atomic E-state index is 13.1. The van der Waals surface area contributed by atoms with Crippen molar-refractivity contribution in [1.82, 2.24) is 30.4 Å². The molecular formula is C37H40N8O4. The van der Waals surface area contributed by atoms with Crippen LogP contribution in [-0.2, 0) is 0 Å². The molecule has 49 heavy (non-hydrogen) atoms. The lowest BCUT2D eigenvalue weighted by Crippen LogP contribution is -2.36. The van der Waals surface area contributed by atoms with Gasteiger partial charge in [-0.1, -0.05) is 24.3 Å². The highest BCUT2D eigenvalue weighted by atomic mass is 16.2. The van der Waals surface area contributed by atoms with E-state index in [0.717, 1.165) is 19.5 Å². The van der Waals surface area contributed by atoms with Crippen LogP contribution in [0.4, 0.5) is 11.4 Å². The van der Waals surface area contributed by atoms with Crippen molar-refractivity contribution in [2.45, 2.75) is 6.42 Å². The first-order chi connectivity index (χ1) is 23.6. The summed E-state index contributed by atoms with van der Waals surface area (Å²) in [6, 6.07) is 20.8. The molecule has 0 bridgehead atoms. The van der Waals surface area contributed by atoms with Gasteiger partial charge in [-0.05, 0) is 82.1 Å². The number of carbonyl (C=O) groups is 2. The molecule has 0 atom stereocenters. The second-order valence-electron chi connectivity index (χ2n) is 12.4. The Labute approximate surface area is 282 Å². The van der Waals surface area contributed by atoms with Crippen molar-refractivity contribution < 1.29 is 9.59 Å². The summed E-state index contributed by atoms with van der Waals surface area (Å²) in [4.78, 5) is 63.2. The number of hydrogen-bond donors (Lipinski definition) is 6. The Bertz CT molecular complexity index is 2170. The van der Waals surface area contributed by atoms with Crippen molar-refractivity contribution in [3.63, 3.8) is 0 Å². The Morgan fingerprint density at radius 1 is 0.612 bits per heavy atom. The monoisotopic (exact) mass is 660 g/mol. The van der Waals surface area contributed by atoms with Gasteiger partial charge in [-0.2, -0.15) is 0 Å². The van der Waals surface area contributed by atoms with Gasteiger partial charge in [0, 0.05) is 59.4 Å². The van der Waals surface area contributed by atoms with Gasteiger partial charge in [-0.3, -0.25) is 19.2 Å². The summed E-state index contributed by atoms with van der Waals surface area (Å²) in [6.07, 6.45) is 0.892. The number of amides is 2. The number of nitrogens with two attached hydrogens (primary N) is 2. The van der Waals surface area contributed by atoms with Crippen LogP contribution in [0.5, 0.6) is 0 Å². The molecule has 8 N–H and O–H groups in total. The number of benzene rings is 4. The molecule has 0 spiro atoms. The summed E-state index contributed by atoms with van der Waals surface area (Å²) in [7, 11) is 4.00. The van der Waals surface area contributed by atoms with Gasteiger partial charge in [0.25, 0.3) is 11.8 Å². The summed E-state index contributed by atoms with van der Waals surface area (Å²) in [5.41, 5.74) is 15.4. The topological polar surface area (TPSA) is 182 Å². The number of rotatable bonds is 12. The van der Waals surface area contributed by atoms with Crippen LogP contribution < -0.4 is 33.0 Å². The number of aromatic nitrogens is 2. The molecule has 0 unspecified atom stereocenters. The number of carbonyl (C=O) groups excluding carboxylic acids is 2. The molecule has 0 saturated carbocycles. The lowest BCUT2D eigenvalue weighted by Gasteiger charge is -2.21. The number of nitrogens with zero attached hydrogens (tertiary/aromatic N) is 2. The van der Waals surface area contributed by atoms with Crippen LogP contribution in [0.2, 0.25) is 0 Å². The Morgan fingerprint density at radius 3 is 1.45 bits per heavy atom. The van der Waals surface area contributed by atoms with E-state index in [2.05, 4.69) is 30.4 Å². The molecule has 252 valence electrons. The van der Waals surface area contributed by atoms with Gasteiger partial charge in [0.2, 0.25) is 0 Å². The largest absolute Gasteiger partial charge is 0.398 e. The highest BCUT2D eigenvalue weighted by Crippen LogP contribution is 2.24. The van der Waals surface area contributed by atoms with E-state index < -0.39 is 0 Å². The summed E-state index contributed by atoms with van der Waals surface area (Å²) in [5.74, 6) is -0.560. The number of fused-ring (bicyclic) bond motifs is 4. The van der Waals surface area contributed by atoms with Crippen molar-refractivity contribution >= 4 is 66.8 Å². The summed E-state index contributed by atoms with van der Waals surface area (Å²) in [6.45, 7) is 3.78. The van der Waals surface area contributed by atoms with Crippen LogP contribution in [0.15, 0.2) is 82.4 Å². The molecule has 0 fully saturated rings. The van der Waals surface area contributed by atoms with Crippen molar-refractivity contribution in [2.24, 2.45) is 0 Å². The third-order valence-electron chi connectivity index (χ3n) is 8.92. The lowest BCUT2D eigenvalue weighted by atomic mass is 10.0. The van der Waals surface area contributed by atoms with Crippen molar-refractivity contribution in [2.75, 3.05) is 64.8 Å². The minimum atomic E-state index is -0.280. The molecule has 0 aliphatic carbocycles. The molecule has 12 heteroatoms. The van der Waals surface area contributed by atoms with E-state index in [0.29, 0.717) is 92.3 Å². The number of H-pyrrole nitrogens is 2. The van der Waals surface area contributed by atoms with Crippen LogP contribution in [0.25, 0.3) is 43.6 Å². The zero-order valence-corrected chi connectivity index (χ0v) is 27.6. The van der Waals surface area contributed by atoms with Gasteiger partial charge in [0.15, 0.2) is 10.9 Å². The molecule has 12 nitrogen and oxygen atoms in total. The van der Waals surface area contributed by atoms with E-state index in [-0.39, 0.29) is 22.7 Å². The highest BCUT2D eigenvalue weighted by Gasteiger charge is 2.18. The van der Waals surface area contributed by atoms with Gasteiger partial charge >= 0.3 is 0 Å². The van der Waals surface area contributed by atoms with Crippen molar-refractivity contribution in [3.8, 4) is 0 Å². The molecule has 0 saturated heterocycles. The predicted molar refractivity (Wildman–Crippen MR) is 197 cm³/mol. The number of aromatic amines is 2. The number of anilines is 2. The van der Waals surface area contributed by atoms with Crippen LogP contribution in [0, 0.1) is 0 Å². The minimum absolute atomic E-state index is 0.203. The maximum atomic E-state index is 13.1. The zero-order valence-electron chi connectivity index (χ0n) is 27.6. The van der Waals surface area contributed by atoms with E-state index in [4.69, 9.17) is 11.5 Å². The van der Waals surface area contributed by atoms with Gasteiger partial charge in [0.05, 0.1) is 32.9 Å². The Kier molecular flexibility index (Phi) is 9.61. The molecule has 6 aromatic rings. The van der Waals surface area contributed by atoms with Crippen molar-refractivity contribution in [3.05, 3.63) is 104 Å². The molecule has 4 aromatic carbocycles. The first-order valence-electron chi connectivity index (χ1n) is 16.2. The highest BCUT2D eigenvalue weighted by molar-refractivity contribution is 6.11. The molecular weight excluding hydrogens is 620 g/mol. The first-order valence-corrected chi connectivity index (χ1v) is 16.2. The number of nitrogens with one attached hydrogen (secondary N) is 4. The third kappa shape index (κ3) is 6.82. The minimum Gasteiger partial charge on any atom is -0.398 e. The summed E-state index contributed by atoms with van der Waals surface area (Å²) in [5, 5.41) is 7.61. The number of hydrogen-bond acceptors (Lipinski definition) is 8. The summed E-state index contributed by atoms with van der Waals surface area (Å²) < 4.78 is 0. The van der Waals surface area contributed by atoms with Gasteiger partial charge in [-0.15, -0.1) is 0 Å². The summed E-state index contributed by atoms with van der Waals surface area (Å²) >= 11 is 0. The molecule has 2 aromatic heterocycles. The molecule has 6 rings (SSSR count). The molecule has 0 radical (unpaired) electrons. The van der Waals surface area contributed by atoms with Crippen LogP contribution in [0.3, 0.4) is 0 Å². The Morgan fingerprint density at radius 2 is 1.02 bits per heavy atom. The van der Waals surface area contributed by atoms with Gasteiger partial charge in [-0.25, -0.2) is 0 Å². The van der Waals surface area contributed by atoms with E-state index in [1.54, 1.807) is 60.7 Å².